The fraction of sp³-hybridized carbons (Fsp3) is 0.400. The van der Waals surface area contributed by atoms with Gasteiger partial charge in [0.2, 0.25) is 0 Å². The van der Waals surface area contributed by atoms with Gasteiger partial charge < -0.3 is 9.30 Å². The van der Waals surface area contributed by atoms with Gasteiger partial charge in [-0.25, -0.2) is 4.68 Å². The maximum atomic E-state index is 5.67. The SMILES string of the molecule is COc1ccc([C@@H]2CCCN2Cn2ncn(CCc3cccs3)c2=S)cc1. The molecule has 1 aromatic carbocycles. The first-order valence-electron chi connectivity index (χ1n) is 9.27. The summed E-state index contributed by atoms with van der Waals surface area (Å²) in [5, 5.41) is 6.67. The Morgan fingerprint density at radius 2 is 2.11 bits per heavy atom. The minimum Gasteiger partial charge on any atom is -0.497 e. The summed E-state index contributed by atoms with van der Waals surface area (Å²) in [5.41, 5.74) is 1.33. The Hall–Kier alpha value is -1.96. The molecule has 1 aliphatic rings. The monoisotopic (exact) mass is 400 g/mol. The number of benzene rings is 1. The van der Waals surface area contributed by atoms with Crippen molar-refractivity contribution < 1.29 is 4.74 Å². The summed E-state index contributed by atoms with van der Waals surface area (Å²) in [6.45, 7) is 2.68. The Morgan fingerprint density at radius 1 is 1.26 bits per heavy atom. The molecule has 0 saturated carbocycles. The molecule has 1 fully saturated rings. The normalized spacial score (nSPS) is 17.4. The van der Waals surface area contributed by atoms with E-state index in [1.165, 1.54) is 23.3 Å². The molecule has 0 unspecified atom stereocenters. The van der Waals surface area contributed by atoms with Gasteiger partial charge in [0.25, 0.3) is 0 Å². The molecule has 2 aromatic heterocycles. The van der Waals surface area contributed by atoms with E-state index in [9.17, 15) is 0 Å². The maximum Gasteiger partial charge on any atom is 0.198 e. The summed E-state index contributed by atoms with van der Waals surface area (Å²) in [4.78, 5) is 3.84. The molecule has 7 heteroatoms. The van der Waals surface area contributed by atoms with Crippen LogP contribution in [0, 0.1) is 4.77 Å². The third-order valence-electron chi connectivity index (χ3n) is 5.16. The smallest absolute Gasteiger partial charge is 0.198 e. The van der Waals surface area contributed by atoms with Crippen molar-refractivity contribution in [2.24, 2.45) is 0 Å². The molecule has 0 radical (unpaired) electrons. The van der Waals surface area contributed by atoms with Crippen molar-refractivity contribution in [3.63, 3.8) is 0 Å². The lowest BCUT2D eigenvalue weighted by molar-refractivity contribution is 0.189. The Labute approximate surface area is 168 Å². The zero-order chi connectivity index (χ0) is 18.6. The number of hydrogen-bond donors (Lipinski definition) is 0. The van der Waals surface area contributed by atoms with Crippen LogP contribution in [0.15, 0.2) is 48.1 Å². The molecule has 3 heterocycles. The molecule has 0 N–H and O–H groups in total. The number of likely N-dealkylation sites (tertiary alicyclic amines) is 1. The first-order chi connectivity index (χ1) is 13.2. The lowest BCUT2D eigenvalue weighted by Gasteiger charge is -2.24. The molecule has 0 amide bonds. The van der Waals surface area contributed by atoms with E-state index in [0.29, 0.717) is 6.04 Å². The maximum absolute atomic E-state index is 5.67. The van der Waals surface area contributed by atoms with Gasteiger partial charge in [-0.05, 0) is 60.6 Å². The van der Waals surface area contributed by atoms with Crippen LogP contribution in [0.4, 0.5) is 0 Å². The van der Waals surface area contributed by atoms with Crippen LogP contribution in [0.5, 0.6) is 5.75 Å². The molecule has 0 aliphatic carbocycles. The van der Waals surface area contributed by atoms with Crippen molar-refractivity contribution in [1.82, 2.24) is 19.2 Å². The Balaban J connectivity index is 1.44. The first kappa shape index (κ1) is 18.4. The van der Waals surface area contributed by atoms with Gasteiger partial charge in [-0.3, -0.25) is 4.90 Å². The topological polar surface area (TPSA) is 35.2 Å². The standard InChI is InChI=1S/C20H24N4OS2/c1-25-17-8-6-16(7-9-17)19-5-2-11-23(19)15-24-20(26)22(14-21-24)12-10-18-4-3-13-27-18/h3-4,6-9,13-14,19H,2,5,10-12,15H2,1H3/t19-/m0/s1. The predicted molar refractivity (Wildman–Crippen MR) is 111 cm³/mol. The van der Waals surface area contributed by atoms with E-state index >= 15 is 0 Å². The van der Waals surface area contributed by atoms with E-state index in [1.54, 1.807) is 18.4 Å². The molecule has 27 heavy (non-hydrogen) atoms. The molecule has 142 valence electrons. The second kappa shape index (κ2) is 8.37. The molecule has 1 saturated heterocycles. The zero-order valence-electron chi connectivity index (χ0n) is 15.5. The van der Waals surface area contributed by atoms with Crippen LogP contribution >= 0.6 is 23.6 Å². The van der Waals surface area contributed by atoms with E-state index < -0.39 is 0 Å². The van der Waals surface area contributed by atoms with Gasteiger partial charge in [0.15, 0.2) is 4.77 Å². The van der Waals surface area contributed by atoms with Crippen molar-refractivity contribution in [2.75, 3.05) is 13.7 Å². The largest absolute Gasteiger partial charge is 0.497 e. The number of aromatic nitrogens is 3. The van der Waals surface area contributed by atoms with Crippen LogP contribution in [0.2, 0.25) is 0 Å². The summed E-state index contributed by atoms with van der Waals surface area (Å²) in [6.07, 6.45) is 5.23. The van der Waals surface area contributed by atoms with Gasteiger partial charge >= 0.3 is 0 Å². The van der Waals surface area contributed by atoms with Gasteiger partial charge in [0.1, 0.15) is 12.1 Å². The molecule has 5 nitrogen and oxygen atoms in total. The quantitative estimate of drug-likeness (QED) is 0.546. The van der Waals surface area contributed by atoms with E-state index in [2.05, 4.69) is 44.2 Å². The van der Waals surface area contributed by atoms with Crippen LogP contribution in [0.1, 0.15) is 29.3 Å². The number of ether oxygens (including phenoxy) is 1. The van der Waals surface area contributed by atoms with Crippen LogP contribution in [0.25, 0.3) is 0 Å². The lowest BCUT2D eigenvalue weighted by Crippen LogP contribution is -2.27. The molecular weight excluding hydrogens is 376 g/mol. The molecular formula is C20H24N4OS2. The molecule has 0 spiro atoms. The summed E-state index contributed by atoms with van der Waals surface area (Å²) < 4.78 is 10.1. The number of nitrogens with zero attached hydrogens (tertiary/aromatic N) is 4. The highest BCUT2D eigenvalue weighted by Crippen LogP contribution is 2.33. The average Bonchev–Trinajstić information content (AvgIpc) is 3.44. The van der Waals surface area contributed by atoms with Gasteiger partial charge in [-0.15, -0.1) is 11.3 Å². The van der Waals surface area contributed by atoms with Crippen LogP contribution in [-0.4, -0.2) is 32.9 Å². The minimum atomic E-state index is 0.411. The third kappa shape index (κ3) is 4.15. The van der Waals surface area contributed by atoms with Crippen molar-refractivity contribution in [1.29, 1.82) is 0 Å². The minimum absolute atomic E-state index is 0.411. The van der Waals surface area contributed by atoms with Crippen LogP contribution in [-0.2, 0) is 19.6 Å². The summed E-state index contributed by atoms with van der Waals surface area (Å²) in [7, 11) is 1.70. The van der Waals surface area contributed by atoms with Crippen LogP contribution < -0.4 is 4.74 Å². The average molecular weight is 401 g/mol. The van der Waals surface area contributed by atoms with Crippen molar-refractivity contribution >= 4 is 23.6 Å². The fourth-order valence-electron chi connectivity index (χ4n) is 3.68. The molecule has 0 bridgehead atoms. The number of hydrogen-bond acceptors (Lipinski definition) is 5. The second-order valence-corrected chi connectivity index (χ2v) is 8.22. The van der Waals surface area contributed by atoms with Gasteiger partial charge in [-0.1, -0.05) is 18.2 Å². The lowest BCUT2D eigenvalue weighted by atomic mass is 10.0. The number of rotatable bonds is 7. The Kier molecular flexibility index (Phi) is 5.71. The van der Waals surface area contributed by atoms with Crippen molar-refractivity contribution in [3.05, 3.63) is 63.3 Å². The molecule has 1 aliphatic heterocycles. The Bertz CT molecular complexity index is 914. The van der Waals surface area contributed by atoms with Gasteiger partial charge in [-0.2, -0.15) is 5.10 Å². The molecule has 1 atom stereocenters. The fourth-order valence-corrected chi connectivity index (χ4v) is 4.62. The van der Waals surface area contributed by atoms with E-state index in [1.807, 2.05) is 23.1 Å². The van der Waals surface area contributed by atoms with Crippen LogP contribution in [0.3, 0.4) is 0 Å². The zero-order valence-corrected chi connectivity index (χ0v) is 17.1. The van der Waals surface area contributed by atoms with E-state index in [0.717, 1.165) is 36.7 Å². The number of methoxy groups -OCH3 is 1. The van der Waals surface area contributed by atoms with Gasteiger partial charge in [0.05, 0.1) is 13.8 Å². The number of aryl methyl sites for hydroxylation is 2. The summed E-state index contributed by atoms with van der Waals surface area (Å²) in [6, 6.07) is 13.1. The molecule has 4 rings (SSSR count). The van der Waals surface area contributed by atoms with Crippen molar-refractivity contribution in [3.8, 4) is 5.75 Å². The molecule has 3 aromatic rings. The number of thiophene rings is 1. The summed E-state index contributed by atoms with van der Waals surface area (Å²) >= 11 is 7.46. The predicted octanol–water partition coefficient (Wildman–Crippen LogP) is 4.52. The first-order valence-corrected chi connectivity index (χ1v) is 10.6. The van der Waals surface area contributed by atoms with Crippen molar-refractivity contribution in [2.45, 2.75) is 38.5 Å². The van der Waals surface area contributed by atoms with E-state index in [4.69, 9.17) is 17.0 Å². The highest BCUT2D eigenvalue weighted by molar-refractivity contribution is 7.71. The Morgan fingerprint density at radius 3 is 2.85 bits per heavy atom. The third-order valence-corrected chi connectivity index (χ3v) is 6.54. The van der Waals surface area contributed by atoms with E-state index in [-0.39, 0.29) is 0 Å². The van der Waals surface area contributed by atoms with Gasteiger partial charge in [0, 0.05) is 24.0 Å². The second-order valence-electron chi connectivity index (χ2n) is 6.82. The highest BCUT2D eigenvalue weighted by atomic mass is 32.1. The highest BCUT2D eigenvalue weighted by Gasteiger charge is 2.26. The summed E-state index contributed by atoms with van der Waals surface area (Å²) in [5.74, 6) is 0.898.